The first-order valence-electron chi connectivity index (χ1n) is 6.59. The second kappa shape index (κ2) is 6.43. The molecule has 108 valence electrons. The molecule has 0 saturated heterocycles. The van der Waals surface area contributed by atoms with Gasteiger partial charge in [0.05, 0.1) is 14.2 Å². The first kappa shape index (κ1) is 14.4. The Balaban J connectivity index is 2.05. The molecule has 1 aromatic carbocycles. The molecule has 2 rings (SSSR count). The second-order valence-corrected chi connectivity index (χ2v) is 4.71. The molecule has 0 amide bonds. The van der Waals surface area contributed by atoms with Crippen molar-refractivity contribution < 1.29 is 9.47 Å². The highest BCUT2D eigenvalue weighted by atomic mass is 16.5. The standard InChI is InChI=1S/C15H21N3O2/c1-18-9-8-17-15(18)7-5-12(16)11-4-6-13(19-2)14(10-11)20-3/h4,6,8-10,12H,5,7,16H2,1-3H3. The van der Waals surface area contributed by atoms with Crippen LogP contribution in [0.25, 0.3) is 0 Å². The Morgan fingerprint density at radius 3 is 2.60 bits per heavy atom. The maximum absolute atomic E-state index is 6.24. The number of hydrogen-bond donors (Lipinski definition) is 1. The van der Waals surface area contributed by atoms with Crippen LogP contribution in [0, 0.1) is 0 Å². The number of rotatable bonds is 6. The zero-order chi connectivity index (χ0) is 14.5. The van der Waals surface area contributed by atoms with Crippen LogP contribution < -0.4 is 15.2 Å². The molecular formula is C15H21N3O2. The van der Waals surface area contributed by atoms with E-state index in [-0.39, 0.29) is 6.04 Å². The van der Waals surface area contributed by atoms with Gasteiger partial charge in [-0.05, 0) is 24.1 Å². The van der Waals surface area contributed by atoms with E-state index in [1.807, 2.05) is 36.0 Å². The lowest BCUT2D eigenvalue weighted by atomic mass is 10.0. The lowest BCUT2D eigenvalue weighted by Crippen LogP contribution is -2.12. The van der Waals surface area contributed by atoms with Gasteiger partial charge in [-0.3, -0.25) is 0 Å². The zero-order valence-corrected chi connectivity index (χ0v) is 12.2. The molecule has 2 aromatic rings. The molecule has 0 aliphatic rings. The maximum Gasteiger partial charge on any atom is 0.161 e. The van der Waals surface area contributed by atoms with Gasteiger partial charge in [-0.25, -0.2) is 4.98 Å². The van der Waals surface area contributed by atoms with E-state index in [0.717, 1.165) is 24.2 Å². The van der Waals surface area contributed by atoms with Crippen LogP contribution in [-0.4, -0.2) is 23.8 Å². The number of hydrogen-bond acceptors (Lipinski definition) is 4. The molecule has 0 aliphatic heterocycles. The molecule has 0 fully saturated rings. The van der Waals surface area contributed by atoms with Crippen molar-refractivity contribution in [2.75, 3.05) is 14.2 Å². The lowest BCUT2D eigenvalue weighted by Gasteiger charge is -2.15. The molecule has 1 aromatic heterocycles. The molecule has 0 aliphatic carbocycles. The van der Waals surface area contributed by atoms with Crippen molar-refractivity contribution >= 4 is 0 Å². The second-order valence-electron chi connectivity index (χ2n) is 4.71. The molecule has 0 radical (unpaired) electrons. The normalized spacial score (nSPS) is 12.2. The summed E-state index contributed by atoms with van der Waals surface area (Å²) in [7, 11) is 5.24. The Morgan fingerprint density at radius 1 is 1.25 bits per heavy atom. The van der Waals surface area contributed by atoms with Crippen molar-refractivity contribution in [2.24, 2.45) is 12.8 Å². The number of aromatic nitrogens is 2. The molecule has 20 heavy (non-hydrogen) atoms. The third-order valence-electron chi connectivity index (χ3n) is 3.44. The lowest BCUT2D eigenvalue weighted by molar-refractivity contribution is 0.354. The van der Waals surface area contributed by atoms with Crippen LogP contribution in [0.1, 0.15) is 23.9 Å². The first-order valence-corrected chi connectivity index (χ1v) is 6.59. The van der Waals surface area contributed by atoms with Gasteiger partial charge in [0.25, 0.3) is 0 Å². The van der Waals surface area contributed by atoms with E-state index in [1.165, 1.54) is 0 Å². The van der Waals surface area contributed by atoms with Crippen molar-refractivity contribution in [1.82, 2.24) is 9.55 Å². The summed E-state index contributed by atoms with van der Waals surface area (Å²) in [5, 5.41) is 0. The number of nitrogens with zero attached hydrogens (tertiary/aromatic N) is 2. The molecule has 0 spiro atoms. The van der Waals surface area contributed by atoms with Gasteiger partial charge in [-0.15, -0.1) is 0 Å². The quantitative estimate of drug-likeness (QED) is 0.876. The zero-order valence-electron chi connectivity index (χ0n) is 12.2. The van der Waals surface area contributed by atoms with Crippen molar-refractivity contribution in [3.63, 3.8) is 0 Å². The van der Waals surface area contributed by atoms with Crippen LogP contribution in [-0.2, 0) is 13.5 Å². The van der Waals surface area contributed by atoms with E-state index in [0.29, 0.717) is 11.5 Å². The van der Waals surface area contributed by atoms with Gasteiger partial charge in [0.2, 0.25) is 0 Å². The molecule has 1 unspecified atom stereocenters. The van der Waals surface area contributed by atoms with Crippen LogP contribution >= 0.6 is 0 Å². The SMILES string of the molecule is COc1ccc(C(N)CCc2nccn2C)cc1OC. The Hall–Kier alpha value is -2.01. The van der Waals surface area contributed by atoms with Crippen LogP contribution in [0.15, 0.2) is 30.6 Å². The largest absolute Gasteiger partial charge is 0.493 e. The van der Waals surface area contributed by atoms with Gasteiger partial charge in [-0.1, -0.05) is 6.07 Å². The summed E-state index contributed by atoms with van der Waals surface area (Å²) in [6.45, 7) is 0. The molecule has 0 bridgehead atoms. The van der Waals surface area contributed by atoms with Gasteiger partial charge in [0.15, 0.2) is 11.5 Å². The first-order chi connectivity index (χ1) is 9.65. The Kier molecular flexibility index (Phi) is 4.63. The number of methoxy groups -OCH3 is 2. The highest BCUT2D eigenvalue weighted by Gasteiger charge is 2.11. The molecule has 5 nitrogen and oxygen atoms in total. The number of benzene rings is 1. The van der Waals surface area contributed by atoms with Crippen LogP contribution in [0.3, 0.4) is 0 Å². The van der Waals surface area contributed by atoms with Crippen molar-refractivity contribution in [3.8, 4) is 11.5 Å². The topological polar surface area (TPSA) is 62.3 Å². The summed E-state index contributed by atoms with van der Waals surface area (Å²) in [6, 6.07) is 5.74. The van der Waals surface area contributed by atoms with Gasteiger partial charge < -0.3 is 19.8 Å². The highest BCUT2D eigenvalue weighted by molar-refractivity contribution is 5.43. The third kappa shape index (κ3) is 3.11. The summed E-state index contributed by atoms with van der Waals surface area (Å²) in [4.78, 5) is 4.31. The Bertz CT molecular complexity index is 566. The minimum Gasteiger partial charge on any atom is -0.493 e. The molecule has 1 heterocycles. The van der Waals surface area contributed by atoms with Gasteiger partial charge in [0, 0.05) is 31.9 Å². The number of nitrogens with two attached hydrogens (primary N) is 1. The molecule has 0 saturated carbocycles. The number of ether oxygens (including phenoxy) is 2. The van der Waals surface area contributed by atoms with E-state index in [1.54, 1.807) is 20.4 Å². The van der Waals surface area contributed by atoms with Gasteiger partial charge >= 0.3 is 0 Å². The minimum atomic E-state index is -0.0495. The van der Waals surface area contributed by atoms with E-state index in [4.69, 9.17) is 15.2 Å². The molecular weight excluding hydrogens is 254 g/mol. The van der Waals surface area contributed by atoms with Crippen LogP contribution in [0.2, 0.25) is 0 Å². The fourth-order valence-corrected chi connectivity index (χ4v) is 2.17. The van der Waals surface area contributed by atoms with Gasteiger partial charge in [-0.2, -0.15) is 0 Å². The molecule has 5 heteroatoms. The van der Waals surface area contributed by atoms with E-state index in [9.17, 15) is 0 Å². The predicted octanol–water partition coefficient (Wildman–Crippen LogP) is 2.07. The molecule has 1 atom stereocenters. The summed E-state index contributed by atoms with van der Waals surface area (Å²) in [5.74, 6) is 2.46. The summed E-state index contributed by atoms with van der Waals surface area (Å²) >= 11 is 0. The average Bonchev–Trinajstić information content (AvgIpc) is 2.89. The van der Waals surface area contributed by atoms with E-state index in [2.05, 4.69) is 4.98 Å². The fraction of sp³-hybridized carbons (Fsp3) is 0.400. The van der Waals surface area contributed by atoms with Crippen molar-refractivity contribution in [3.05, 3.63) is 42.0 Å². The third-order valence-corrected chi connectivity index (χ3v) is 3.44. The fourth-order valence-electron chi connectivity index (χ4n) is 2.17. The van der Waals surface area contributed by atoms with E-state index >= 15 is 0 Å². The summed E-state index contributed by atoms with van der Waals surface area (Å²) in [6.07, 6.45) is 5.42. The highest BCUT2D eigenvalue weighted by Crippen LogP contribution is 2.30. The average molecular weight is 275 g/mol. The monoisotopic (exact) mass is 275 g/mol. The van der Waals surface area contributed by atoms with Crippen molar-refractivity contribution in [1.29, 1.82) is 0 Å². The Labute approximate surface area is 119 Å². The van der Waals surface area contributed by atoms with Crippen LogP contribution in [0.4, 0.5) is 0 Å². The van der Waals surface area contributed by atoms with Crippen molar-refractivity contribution in [2.45, 2.75) is 18.9 Å². The summed E-state index contributed by atoms with van der Waals surface area (Å²) in [5.41, 5.74) is 7.28. The summed E-state index contributed by atoms with van der Waals surface area (Å²) < 4.78 is 12.5. The number of imidazole rings is 1. The predicted molar refractivity (Wildman–Crippen MR) is 78.0 cm³/mol. The van der Waals surface area contributed by atoms with Crippen LogP contribution in [0.5, 0.6) is 11.5 Å². The smallest absolute Gasteiger partial charge is 0.161 e. The minimum absolute atomic E-state index is 0.0495. The molecule has 2 N–H and O–H groups in total. The van der Waals surface area contributed by atoms with E-state index < -0.39 is 0 Å². The maximum atomic E-state index is 6.24. The number of aryl methyl sites for hydroxylation is 2. The van der Waals surface area contributed by atoms with Gasteiger partial charge in [0.1, 0.15) is 5.82 Å². The Morgan fingerprint density at radius 2 is 2.00 bits per heavy atom.